The number of rotatable bonds is 1. The molecule has 0 bridgehead atoms. The van der Waals surface area contributed by atoms with Crippen molar-refractivity contribution in [3.63, 3.8) is 0 Å². The monoisotopic (exact) mass is 236 g/mol. The fourth-order valence-electron chi connectivity index (χ4n) is 2.69. The zero-order valence-electron chi connectivity index (χ0n) is 8.79. The standard InChI is InChI=1S/C12H13ClN2O/c13-8-1-2-9-10(5-8)15-12(16)11(9)7-3-4-14-6-7/h1-2,5,7,11,14H,3-4,6H2,(H,15,16). The van der Waals surface area contributed by atoms with Crippen LogP contribution < -0.4 is 10.6 Å². The van der Waals surface area contributed by atoms with E-state index in [2.05, 4.69) is 10.6 Å². The average Bonchev–Trinajstić information content (AvgIpc) is 2.83. The first-order valence-corrected chi connectivity index (χ1v) is 5.94. The first-order chi connectivity index (χ1) is 7.75. The van der Waals surface area contributed by atoms with Crippen LogP contribution in [-0.4, -0.2) is 19.0 Å². The van der Waals surface area contributed by atoms with Crippen LogP contribution in [0.1, 0.15) is 17.9 Å². The summed E-state index contributed by atoms with van der Waals surface area (Å²) in [6.45, 7) is 1.94. The van der Waals surface area contributed by atoms with E-state index in [0.29, 0.717) is 10.9 Å². The molecule has 1 amide bonds. The van der Waals surface area contributed by atoms with E-state index in [4.69, 9.17) is 11.6 Å². The van der Waals surface area contributed by atoms with Gasteiger partial charge in [-0.3, -0.25) is 4.79 Å². The maximum atomic E-state index is 11.9. The highest BCUT2D eigenvalue weighted by Crippen LogP contribution is 2.40. The second-order valence-corrected chi connectivity index (χ2v) is 4.89. The Morgan fingerprint density at radius 2 is 2.25 bits per heavy atom. The molecule has 0 spiro atoms. The number of nitrogens with one attached hydrogen (secondary N) is 2. The average molecular weight is 237 g/mol. The maximum Gasteiger partial charge on any atom is 0.232 e. The van der Waals surface area contributed by atoms with Gasteiger partial charge in [0.25, 0.3) is 0 Å². The highest BCUT2D eigenvalue weighted by Gasteiger charge is 2.37. The molecule has 0 aromatic heterocycles. The molecule has 3 rings (SSSR count). The number of hydrogen-bond acceptors (Lipinski definition) is 2. The molecule has 2 atom stereocenters. The van der Waals surface area contributed by atoms with Gasteiger partial charge in [0.05, 0.1) is 5.92 Å². The predicted molar refractivity (Wildman–Crippen MR) is 63.8 cm³/mol. The molecule has 2 aliphatic rings. The molecule has 1 aromatic carbocycles. The highest BCUT2D eigenvalue weighted by atomic mass is 35.5. The van der Waals surface area contributed by atoms with Crippen molar-refractivity contribution in [3.8, 4) is 0 Å². The summed E-state index contributed by atoms with van der Waals surface area (Å²) in [6, 6.07) is 5.66. The second kappa shape index (κ2) is 3.75. The Labute approximate surface area is 99.2 Å². The van der Waals surface area contributed by atoms with Crippen molar-refractivity contribution in [3.05, 3.63) is 28.8 Å². The molecule has 84 valence electrons. The van der Waals surface area contributed by atoms with E-state index in [1.165, 1.54) is 0 Å². The van der Waals surface area contributed by atoms with Crippen molar-refractivity contribution in [2.45, 2.75) is 12.3 Å². The molecule has 1 saturated heterocycles. The summed E-state index contributed by atoms with van der Waals surface area (Å²) in [5.74, 6) is 0.538. The predicted octanol–water partition coefficient (Wildman–Crippen LogP) is 1.99. The topological polar surface area (TPSA) is 41.1 Å². The van der Waals surface area contributed by atoms with E-state index >= 15 is 0 Å². The molecule has 2 aliphatic heterocycles. The van der Waals surface area contributed by atoms with Gasteiger partial charge >= 0.3 is 0 Å². The lowest BCUT2D eigenvalue weighted by Gasteiger charge is -2.15. The van der Waals surface area contributed by atoms with E-state index in [9.17, 15) is 4.79 Å². The molecule has 2 N–H and O–H groups in total. The number of carbonyl (C=O) groups is 1. The van der Waals surface area contributed by atoms with Crippen molar-refractivity contribution in [2.75, 3.05) is 18.4 Å². The summed E-state index contributed by atoms with van der Waals surface area (Å²) < 4.78 is 0. The lowest BCUT2D eigenvalue weighted by molar-refractivity contribution is -0.118. The third-order valence-electron chi connectivity index (χ3n) is 3.46. The smallest absolute Gasteiger partial charge is 0.232 e. The van der Waals surface area contributed by atoms with Crippen LogP contribution >= 0.6 is 11.6 Å². The maximum absolute atomic E-state index is 11.9. The molecule has 0 aliphatic carbocycles. The third-order valence-corrected chi connectivity index (χ3v) is 3.70. The van der Waals surface area contributed by atoms with Gasteiger partial charge in [-0.2, -0.15) is 0 Å². The second-order valence-electron chi connectivity index (χ2n) is 4.45. The molecule has 0 radical (unpaired) electrons. The Morgan fingerprint density at radius 3 is 3.00 bits per heavy atom. The molecule has 1 aromatic rings. The Morgan fingerprint density at radius 1 is 1.38 bits per heavy atom. The number of fused-ring (bicyclic) bond motifs is 1. The molecule has 3 nitrogen and oxygen atoms in total. The first-order valence-electron chi connectivity index (χ1n) is 5.57. The minimum atomic E-state index is 0.00210. The van der Waals surface area contributed by atoms with Crippen LogP contribution in [0.15, 0.2) is 18.2 Å². The Kier molecular flexibility index (Phi) is 2.37. The largest absolute Gasteiger partial charge is 0.325 e. The van der Waals surface area contributed by atoms with Gasteiger partial charge in [-0.05, 0) is 43.1 Å². The molecule has 16 heavy (non-hydrogen) atoms. The first kappa shape index (κ1) is 10.1. The zero-order chi connectivity index (χ0) is 11.1. The minimum absolute atomic E-state index is 0.00210. The summed E-state index contributed by atoms with van der Waals surface area (Å²) in [6.07, 6.45) is 1.07. The van der Waals surface area contributed by atoms with Crippen LogP contribution in [0.4, 0.5) is 5.69 Å². The van der Waals surface area contributed by atoms with Gasteiger partial charge in [-0.15, -0.1) is 0 Å². The van der Waals surface area contributed by atoms with Crippen molar-refractivity contribution in [2.24, 2.45) is 5.92 Å². The molecular formula is C12H13ClN2O. The van der Waals surface area contributed by atoms with Crippen molar-refractivity contribution in [1.29, 1.82) is 0 Å². The molecule has 1 fully saturated rings. The fraction of sp³-hybridized carbons (Fsp3) is 0.417. The van der Waals surface area contributed by atoms with E-state index in [1.807, 2.05) is 18.2 Å². The SMILES string of the molecule is O=C1Nc2cc(Cl)ccc2C1C1CCNC1. The molecule has 2 unspecified atom stereocenters. The number of carbonyl (C=O) groups excluding carboxylic acids is 1. The summed E-state index contributed by atoms with van der Waals surface area (Å²) in [7, 11) is 0. The van der Waals surface area contributed by atoms with Gasteiger partial charge < -0.3 is 10.6 Å². The summed E-state index contributed by atoms with van der Waals surface area (Å²) >= 11 is 5.91. The number of anilines is 1. The van der Waals surface area contributed by atoms with Crippen LogP contribution in [-0.2, 0) is 4.79 Å². The quantitative estimate of drug-likeness (QED) is 0.783. The minimum Gasteiger partial charge on any atom is -0.325 e. The molecule has 4 heteroatoms. The molecule has 0 saturated carbocycles. The van der Waals surface area contributed by atoms with Crippen molar-refractivity contribution >= 4 is 23.2 Å². The van der Waals surface area contributed by atoms with Crippen molar-refractivity contribution in [1.82, 2.24) is 5.32 Å². The Bertz CT molecular complexity index is 441. The van der Waals surface area contributed by atoms with E-state index in [1.54, 1.807) is 0 Å². The van der Waals surface area contributed by atoms with Crippen molar-refractivity contribution < 1.29 is 4.79 Å². The molecular weight excluding hydrogens is 224 g/mol. The lowest BCUT2D eigenvalue weighted by atomic mass is 9.86. The fourth-order valence-corrected chi connectivity index (χ4v) is 2.86. The van der Waals surface area contributed by atoms with Gasteiger partial charge in [0, 0.05) is 10.7 Å². The van der Waals surface area contributed by atoms with Gasteiger partial charge in [0.2, 0.25) is 5.91 Å². The number of hydrogen-bond donors (Lipinski definition) is 2. The van der Waals surface area contributed by atoms with E-state index < -0.39 is 0 Å². The number of benzene rings is 1. The number of halogens is 1. The van der Waals surface area contributed by atoms with Gasteiger partial charge in [-0.25, -0.2) is 0 Å². The van der Waals surface area contributed by atoms with Crippen LogP contribution in [0, 0.1) is 5.92 Å². The molecule has 2 heterocycles. The zero-order valence-corrected chi connectivity index (χ0v) is 9.55. The van der Waals surface area contributed by atoms with Gasteiger partial charge in [0.15, 0.2) is 0 Å². The summed E-state index contributed by atoms with van der Waals surface area (Å²) in [5.41, 5.74) is 1.98. The van der Waals surface area contributed by atoms with Crippen LogP contribution in [0.3, 0.4) is 0 Å². The van der Waals surface area contributed by atoms with Crippen LogP contribution in [0.5, 0.6) is 0 Å². The Balaban J connectivity index is 1.98. The van der Waals surface area contributed by atoms with E-state index in [0.717, 1.165) is 30.8 Å². The van der Waals surface area contributed by atoms with Crippen LogP contribution in [0.2, 0.25) is 5.02 Å². The third kappa shape index (κ3) is 1.51. The highest BCUT2D eigenvalue weighted by molar-refractivity contribution is 6.31. The normalized spacial score (nSPS) is 27.9. The van der Waals surface area contributed by atoms with Crippen LogP contribution in [0.25, 0.3) is 0 Å². The van der Waals surface area contributed by atoms with Gasteiger partial charge in [0.1, 0.15) is 0 Å². The van der Waals surface area contributed by atoms with Gasteiger partial charge in [-0.1, -0.05) is 17.7 Å². The summed E-state index contributed by atoms with van der Waals surface area (Å²) in [5, 5.41) is 6.89. The van der Waals surface area contributed by atoms with E-state index in [-0.39, 0.29) is 11.8 Å². The lowest BCUT2D eigenvalue weighted by Crippen LogP contribution is -2.22. The number of amides is 1. The summed E-state index contributed by atoms with van der Waals surface area (Å²) in [4.78, 5) is 11.9. The Hall–Kier alpha value is -1.06.